The van der Waals surface area contributed by atoms with Crippen molar-refractivity contribution in [3.05, 3.63) is 55.9 Å². The van der Waals surface area contributed by atoms with E-state index < -0.39 is 0 Å². The van der Waals surface area contributed by atoms with Crippen LogP contribution in [0.2, 0.25) is 0 Å². The van der Waals surface area contributed by atoms with Crippen molar-refractivity contribution in [3.8, 4) is 5.75 Å². The molecular weight excluding hydrogens is 186 g/mol. The molecule has 0 aliphatic heterocycles. The highest BCUT2D eigenvalue weighted by Crippen LogP contribution is 2.27. The first-order valence-corrected chi connectivity index (χ1v) is 4.82. The van der Waals surface area contributed by atoms with Gasteiger partial charge in [-0.05, 0) is 44.7 Å². The molecule has 2 nitrogen and oxygen atoms in total. The van der Waals surface area contributed by atoms with E-state index in [-0.39, 0.29) is 5.75 Å². The van der Waals surface area contributed by atoms with Gasteiger partial charge in [0.1, 0.15) is 5.75 Å². The van der Waals surface area contributed by atoms with E-state index in [9.17, 15) is 5.11 Å². The van der Waals surface area contributed by atoms with E-state index >= 15 is 0 Å². The van der Waals surface area contributed by atoms with E-state index in [1.807, 2.05) is 38.7 Å². The maximum Gasteiger partial charge on any atom is 0.117 e. The largest absolute Gasteiger partial charge is 0.508 e. The Bertz CT molecular complexity index is 365. The van der Waals surface area contributed by atoms with E-state index in [4.69, 9.17) is 0 Å². The van der Waals surface area contributed by atoms with Gasteiger partial charge in [0.05, 0.1) is 5.69 Å². The first kappa shape index (κ1) is 10.2. The summed E-state index contributed by atoms with van der Waals surface area (Å²) in [5.74, 6) is 1.35. The lowest BCUT2D eigenvalue weighted by molar-refractivity contribution is 0.475. The van der Waals surface area contributed by atoms with Gasteiger partial charge in [-0.2, -0.15) is 0 Å². The zero-order valence-corrected chi connectivity index (χ0v) is 8.51. The SMILES string of the molecule is CC(=Nc1cccc(O)c1)[C]1[CH][CH][CH][CH]1. The standard InChI is InChI=1S/C13H12NO/c1-10(11-5-2-3-6-11)14-12-7-4-8-13(15)9-12/h2-9,15H,1H3. The van der Waals surface area contributed by atoms with E-state index in [0.29, 0.717) is 0 Å². The molecule has 75 valence electrons. The number of phenolic OH excluding ortho intramolecular Hbond substituents is 1. The Morgan fingerprint density at radius 2 is 1.93 bits per heavy atom. The number of aliphatic imine (C=N–C) groups is 1. The summed E-state index contributed by atoms with van der Waals surface area (Å²) in [5.41, 5.74) is 1.72. The molecule has 0 heterocycles. The lowest BCUT2D eigenvalue weighted by Crippen LogP contribution is -2.04. The van der Waals surface area contributed by atoms with Crippen LogP contribution in [0.25, 0.3) is 0 Å². The van der Waals surface area contributed by atoms with Crippen molar-refractivity contribution in [2.45, 2.75) is 6.92 Å². The van der Waals surface area contributed by atoms with Crippen molar-refractivity contribution >= 4 is 11.4 Å². The highest BCUT2D eigenvalue weighted by molar-refractivity contribution is 6.01. The van der Waals surface area contributed by atoms with E-state index in [1.165, 1.54) is 0 Å². The van der Waals surface area contributed by atoms with Crippen LogP contribution in [0, 0.1) is 31.6 Å². The first-order valence-electron chi connectivity index (χ1n) is 4.82. The molecule has 5 radical (unpaired) electrons. The lowest BCUT2D eigenvalue weighted by Gasteiger charge is -2.06. The van der Waals surface area contributed by atoms with Crippen LogP contribution in [0.5, 0.6) is 5.75 Å². The lowest BCUT2D eigenvalue weighted by atomic mass is 10.0. The van der Waals surface area contributed by atoms with E-state index in [0.717, 1.165) is 17.3 Å². The molecule has 1 aromatic rings. The number of nitrogens with zero attached hydrogens (tertiary/aromatic N) is 1. The van der Waals surface area contributed by atoms with Gasteiger partial charge in [0.2, 0.25) is 0 Å². The molecule has 0 atom stereocenters. The highest BCUT2D eigenvalue weighted by Gasteiger charge is 2.19. The topological polar surface area (TPSA) is 32.6 Å². The number of rotatable bonds is 2. The fourth-order valence-corrected chi connectivity index (χ4v) is 1.44. The van der Waals surface area contributed by atoms with Gasteiger partial charge in [-0.1, -0.05) is 6.07 Å². The number of benzene rings is 1. The van der Waals surface area contributed by atoms with Crippen molar-refractivity contribution < 1.29 is 5.11 Å². The molecule has 1 aliphatic rings. The van der Waals surface area contributed by atoms with Gasteiger partial charge < -0.3 is 5.11 Å². The van der Waals surface area contributed by atoms with Crippen LogP contribution in [0.15, 0.2) is 29.3 Å². The smallest absolute Gasteiger partial charge is 0.117 e. The Balaban J connectivity index is 2.14. The van der Waals surface area contributed by atoms with Crippen LogP contribution in [0.4, 0.5) is 5.69 Å². The van der Waals surface area contributed by atoms with Crippen LogP contribution in [0.3, 0.4) is 0 Å². The zero-order valence-electron chi connectivity index (χ0n) is 8.51. The highest BCUT2D eigenvalue weighted by atomic mass is 16.3. The summed E-state index contributed by atoms with van der Waals surface area (Å²) in [5, 5.41) is 9.29. The zero-order chi connectivity index (χ0) is 10.7. The molecule has 1 N–H and O–H groups in total. The molecule has 1 fully saturated rings. The first-order chi connectivity index (χ1) is 7.25. The molecule has 0 bridgehead atoms. The van der Waals surface area contributed by atoms with E-state index in [1.54, 1.807) is 18.2 Å². The fourth-order valence-electron chi connectivity index (χ4n) is 1.44. The fraction of sp³-hybridized carbons (Fsp3) is 0.0769. The maximum atomic E-state index is 9.29. The van der Waals surface area contributed by atoms with Gasteiger partial charge >= 0.3 is 0 Å². The molecule has 1 aromatic carbocycles. The number of phenols is 1. The molecule has 0 aromatic heterocycles. The summed E-state index contributed by atoms with van der Waals surface area (Å²) in [4.78, 5) is 4.42. The molecule has 0 spiro atoms. The molecule has 2 heteroatoms. The summed E-state index contributed by atoms with van der Waals surface area (Å²) in [6.45, 7) is 1.96. The second kappa shape index (κ2) is 4.47. The second-order valence-electron chi connectivity index (χ2n) is 3.39. The Morgan fingerprint density at radius 3 is 2.60 bits per heavy atom. The summed E-state index contributed by atoms with van der Waals surface area (Å²) < 4.78 is 0. The Morgan fingerprint density at radius 1 is 1.20 bits per heavy atom. The third kappa shape index (κ3) is 2.58. The molecular formula is C13H12NO. The summed E-state index contributed by atoms with van der Waals surface area (Å²) in [6.07, 6.45) is 8.00. The van der Waals surface area contributed by atoms with Crippen molar-refractivity contribution in [2.75, 3.05) is 0 Å². The third-order valence-electron chi connectivity index (χ3n) is 2.21. The Kier molecular flexibility index (Phi) is 3.05. The van der Waals surface area contributed by atoms with Crippen LogP contribution >= 0.6 is 0 Å². The third-order valence-corrected chi connectivity index (χ3v) is 2.21. The average Bonchev–Trinajstić information content (AvgIpc) is 2.70. The Hall–Kier alpha value is -1.31. The molecule has 0 amide bonds. The minimum atomic E-state index is 0.242. The molecule has 2 rings (SSSR count). The minimum Gasteiger partial charge on any atom is -0.508 e. The van der Waals surface area contributed by atoms with Crippen molar-refractivity contribution in [1.82, 2.24) is 0 Å². The summed E-state index contributed by atoms with van der Waals surface area (Å²) in [6, 6.07) is 6.93. The summed E-state index contributed by atoms with van der Waals surface area (Å²) >= 11 is 0. The number of hydrogen-bond donors (Lipinski definition) is 1. The molecule has 0 unspecified atom stereocenters. The predicted molar refractivity (Wildman–Crippen MR) is 61.3 cm³/mol. The number of hydrogen-bond acceptors (Lipinski definition) is 2. The predicted octanol–water partition coefficient (Wildman–Crippen LogP) is 2.89. The molecule has 0 saturated heterocycles. The van der Waals surface area contributed by atoms with Crippen molar-refractivity contribution in [3.63, 3.8) is 0 Å². The molecule has 1 saturated carbocycles. The van der Waals surface area contributed by atoms with Gasteiger partial charge in [0.15, 0.2) is 0 Å². The molecule has 15 heavy (non-hydrogen) atoms. The quantitative estimate of drug-likeness (QED) is 0.728. The normalized spacial score (nSPS) is 18.3. The average molecular weight is 198 g/mol. The van der Waals surface area contributed by atoms with Gasteiger partial charge in [-0.3, -0.25) is 4.99 Å². The van der Waals surface area contributed by atoms with Gasteiger partial charge in [-0.15, -0.1) is 0 Å². The number of aromatic hydroxyl groups is 1. The van der Waals surface area contributed by atoms with Crippen LogP contribution < -0.4 is 0 Å². The Labute approximate surface area is 90.7 Å². The van der Waals surface area contributed by atoms with Crippen LogP contribution in [-0.4, -0.2) is 10.8 Å². The van der Waals surface area contributed by atoms with E-state index in [2.05, 4.69) is 4.99 Å². The van der Waals surface area contributed by atoms with Gasteiger partial charge in [0, 0.05) is 17.7 Å². The minimum absolute atomic E-state index is 0.242. The summed E-state index contributed by atoms with van der Waals surface area (Å²) in [7, 11) is 0. The van der Waals surface area contributed by atoms with Crippen LogP contribution in [0.1, 0.15) is 6.92 Å². The van der Waals surface area contributed by atoms with Crippen molar-refractivity contribution in [2.24, 2.45) is 4.99 Å². The van der Waals surface area contributed by atoms with Crippen molar-refractivity contribution in [1.29, 1.82) is 0 Å². The monoisotopic (exact) mass is 198 g/mol. The second-order valence-corrected chi connectivity index (χ2v) is 3.39. The van der Waals surface area contributed by atoms with Gasteiger partial charge in [-0.25, -0.2) is 0 Å². The van der Waals surface area contributed by atoms with Gasteiger partial charge in [0.25, 0.3) is 0 Å². The maximum absolute atomic E-state index is 9.29. The van der Waals surface area contributed by atoms with Crippen LogP contribution in [-0.2, 0) is 0 Å². The molecule has 1 aliphatic carbocycles.